The summed E-state index contributed by atoms with van der Waals surface area (Å²) in [7, 11) is 2.00. The summed E-state index contributed by atoms with van der Waals surface area (Å²) in [5.74, 6) is 0. The first kappa shape index (κ1) is 12.9. The van der Waals surface area contributed by atoms with Gasteiger partial charge in [-0.2, -0.15) is 0 Å². The molecule has 1 unspecified atom stereocenters. The molecule has 0 aliphatic rings. The third kappa shape index (κ3) is 2.82. The van der Waals surface area contributed by atoms with Gasteiger partial charge in [-0.25, -0.2) is 0 Å². The summed E-state index contributed by atoms with van der Waals surface area (Å²) in [4.78, 5) is 0. The molecule has 0 aliphatic heterocycles. The minimum Gasteiger partial charge on any atom is -0.346 e. The molecular formula is C16H22N2. The number of benzene rings is 1. The summed E-state index contributed by atoms with van der Waals surface area (Å²) in [6, 6.07) is 13.6. The van der Waals surface area contributed by atoms with Gasteiger partial charge in [0.2, 0.25) is 0 Å². The fraction of sp³-hybridized carbons (Fsp3) is 0.375. The van der Waals surface area contributed by atoms with Gasteiger partial charge < -0.3 is 9.88 Å². The number of rotatable bonds is 5. The van der Waals surface area contributed by atoms with Gasteiger partial charge in [-0.1, -0.05) is 31.2 Å². The fourth-order valence-electron chi connectivity index (χ4n) is 2.19. The molecule has 2 heteroatoms. The third-order valence-corrected chi connectivity index (χ3v) is 3.53. The van der Waals surface area contributed by atoms with E-state index in [0.29, 0.717) is 6.04 Å². The van der Waals surface area contributed by atoms with Crippen molar-refractivity contribution in [2.75, 3.05) is 7.05 Å². The zero-order valence-corrected chi connectivity index (χ0v) is 11.5. The summed E-state index contributed by atoms with van der Waals surface area (Å²) in [6.45, 7) is 5.32. The molecule has 0 spiro atoms. The fourth-order valence-corrected chi connectivity index (χ4v) is 2.19. The Morgan fingerprint density at radius 3 is 2.39 bits per heavy atom. The topological polar surface area (TPSA) is 17.0 Å². The van der Waals surface area contributed by atoms with Crippen LogP contribution in [0.3, 0.4) is 0 Å². The molecule has 1 N–H and O–H groups in total. The largest absolute Gasteiger partial charge is 0.346 e. The highest BCUT2D eigenvalue weighted by Gasteiger charge is 2.07. The van der Waals surface area contributed by atoms with Gasteiger partial charge in [0.25, 0.3) is 0 Å². The van der Waals surface area contributed by atoms with Crippen molar-refractivity contribution < 1.29 is 0 Å². The van der Waals surface area contributed by atoms with Crippen molar-refractivity contribution in [3.63, 3.8) is 0 Å². The lowest BCUT2D eigenvalue weighted by Crippen LogP contribution is -2.16. The zero-order chi connectivity index (χ0) is 13.0. The van der Waals surface area contributed by atoms with E-state index in [0.717, 1.165) is 13.0 Å². The average Bonchev–Trinajstić information content (AvgIpc) is 2.87. The molecule has 0 saturated heterocycles. The first-order valence-corrected chi connectivity index (χ1v) is 6.64. The second-order valence-corrected chi connectivity index (χ2v) is 4.74. The molecule has 96 valence electrons. The monoisotopic (exact) mass is 242 g/mol. The molecule has 0 saturated carbocycles. The van der Waals surface area contributed by atoms with Crippen LogP contribution >= 0.6 is 0 Å². The predicted molar refractivity (Wildman–Crippen MR) is 76.8 cm³/mol. The van der Waals surface area contributed by atoms with Crippen LogP contribution in [0.15, 0.2) is 42.6 Å². The summed E-state index contributed by atoms with van der Waals surface area (Å²) >= 11 is 0. The number of nitrogens with zero attached hydrogens (tertiary/aromatic N) is 1. The van der Waals surface area contributed by atoms with E-state index in [1.165, 1.54) is 16.8 Å². The van der Waals surface area contributed by atoms with Crippen LogP contribution in [0, 0.1) is 0 Å². The van der Waals surface area contributed by atoms with Crippen LogP contribution in [-0.4, -0.2) is 11.6 Å². The smallest absolute Gasteiger partial charge is 0.0473 e. The summed E-state index contributed by atoms with van der Waals surface area (Å²) in [6.07, 6.45) is 3.25. The molecule has 2 aromatic rings. The summed E-state index contributed by atoms with van der Waals surface area (Å²) in [5, 5.41) is 3.29. The van der Waals surface area contributed by atoms with Crippen molar-refractivity contribution in [2.24, 2.45) is 0 Å². The average molecular weight is 242 g/mol. The van der Waals surface area contributed by atoms with Crippen molar-refractivity contribution in [3.05, 3.63) is 59.4 Å². The van der Waals surface area contributed by atoms with E-state index in [9.17, 15) is 0 Å². The number of hydrogen-bond donors (Lipinski definition) is 1. The third-order valence-electron chi connectivity index (χ3n) is 3.53. The molecular weight excluding hydrogens is 220 g/mol. The Balaban J connectivity index is 2.15. The van der Waals surface area contributed by atoms with Gasteiger partial charge in [-0.15, -0.1) is 0 Å². The standard InChI is InChI=1S/C16H22N2/c1-4-14-7-9-15(10-8-14)12-18-11-5-6-16(18)13(2)17-3/h5-11,13,17H,4,12H2,1-3H3. The molecule has 18 heavy (non-hydrogen) atoms. The van der Waals surface area contributed by atoms with Gasteiger partial charge in [0.15, 0.2) is 0 Å². The first-order valence-electron chi connectivity index (χ1n) is 6.64. The van der Waals surface area contributed by atoms with Crippen LogP contribution in [0.25, 0.3) is 0 Å². The van der Waals surface area contributed by atoms with E-state index in [-0.39, 0.29) is 0 Å². The van der Waals surface area contributed by atoms with E-state index in [2.05, 4.69) is 66.3 Å². The van der Waals surface area contributed by atoms with Crippen molar-refractivity contribution in [3.8, 4) is 0 Å². The van der Waals surface area contributed by atoms with Crippen LogP contribution in [0.4, 0.5) is 0 Å². The molecule has 1 aromatic heterocycles. The Bertz CT molecular complexity index is 482. The molecule has 0 fully saturated rings. The SMILES string of the molecule is CCc1ccc(Cn2cccc2C(C)NC)cc1. The van der Waals surface area contributed by atoms with Gasteiger partial charge in [0.05, 0.1) is 0 Å². The van der Waals surface area contributed by atoms with Crippen molar-refractivity contribution >= 4 is 0 Å². The normalized spacial score (nSPS) is 12.6. The van der Waals surface area contributed by atoms with Crippen molar-refractivity contribution in [2.45, 2.75) is 32.9 Å². The Morgan fingerprint density at radius 2 is 1.78 bits per heavy atom. The quantitative estimate of drug-likeness (QED) is 0.850. The van der Waals surface area contributed by atoms with Crippen LogP contribution in [0.2, 0.25) is 0 Å². The van der Waals surface area contributed by atoms with Crippen LogP contribution in [-0.2, 0) is 13.0 Å². The van der Waals surface area contributed by atoms with E-state index in [1.54, 1.807) is 0 Å². The highest BCUT2D eigenvalue weighted by atomic mass is 15.0. The lowest BCUT2D eigenvalue weighted by Gasteiger charge is -2.15. The molecule has 2 rings (SSSR count). The van der Waals surface area contributed by atoms with Crippen LogP contribution in [0.5, 0.6) is 0 Å². The maximum atomic E-state index is 3.29. The van der Waals surface area contributed by atoms with Crippen LogP contribution < -0.4 is 5.32 Å². The number of nitrogens with one attached hydrogen (secondary N) is 1. The van der Waals surface area contributed by atoms with Crippen molar-refractivity contribution in [1.29, 1.82) is 0 Å². The Hall–Kier alpha value is -1.54. The van der Waals surface area contributed by atoms with Crippen molar-refractivity contribution in [1.82, 2.24) is 9.88 Å². The second-order valence-electron chi connectivity index (χ2n) is 4.74. The van der Waals surface area contributed by atoms with Gasteiger partial charge in [0.1, 0.15) is 0 Å². The van der Waals surface area contributed by atoms with E-state index in [4.69, 9.17) is 0 Å². The number of hydrogen-bond acceptors (Lipinski definition) is 1. The van der Waals surface area contributed by atoms with Gasteiger partial charge in [-0.05, 0) is 43.7 Å². The molecule has 1 aromatic carbocycles. The number of aryl methyl sites for hydroxylation is 1. The second kappa shape index (κ2) is 5.87. The van der Waals surface area contributed by atoms with E-state index < -0.39 is 0 Å². The Kier molecular flexibility index (Phi) is 4.21. The molecule has 1 heterocycles. The molecule has 0 bridgehead atoms. The Labute approximate surface area is 110 Å². The lowest BCUT2D eigenvalue weighted by molar-refractivity contribution is 0.589. The highest BCUT2D eigenvalue weighted by molar-refractivity contribution is 5.24. The molecule has 0 amide bonds. The van der Waals surface area contributed by atoms with Gasteiger partial charge in [0, 0.05) is 24.5 Å². The summed E-state index contributed by atoms with van der Waals surface area (Å²) < 4.78 is 2.31. The maximum Gasteiger partial charge on any atom is 0.0473 e. The summed E-state index contributed by atoms with van der Waals surface area (Å²) in [5.41, 5.74) is 4.08. The zero-order valence-electron chi connectivity index (χ0n) is 11.5. The number of aromatic nitrogens is 1. The maximum absolute atomic E-state index is 3.29. The first-order chi connectivity index (χ1) is 8.74. The highest BCUT2D eigenvalue weighted by Crippen LogP contribution is 2.15. The minimum absolute atomic E-state index is 0.384. The Morgan fingerprint density at radius 1 is 1.11 bits per heavy atom. The minimum atomic E-state index is 0.384. The van der Waals surface area contributed by atoms with Gasteiger partial charge in [-0.3, -0.25) is 0 Å². The molecule has 2 nitrogen and oxygen atoms in total. The molecule has 1 atom stereocenters. The van der Waals surface area contributed by atoms with Crippen LogP contribution in [0.1, 0.15) is 36.7 Å². The lowest BCUT2D eigenvalue weighted by atomic mass is 10.1. The molecule has 0 radical (unpaired) electrons. The molecule has 0 aliphatic carbocycles. The van der Waals surface area contributed by atoms with Gasteiger partial charge >= 0.3 is 0 Å². The van der Waals surface area contributed by atoms with E-state index in [1.807, 2.05) is 7.05 Å². The van der Waals surface area contributed by atoms with E-state index >= 15 is 0 Å². The predicted octanol–water partition coefficient (Wildman–Crippen LogP) is 3.38.